The van der Waals surface area contributed by atoms with Gasteiger partial charge in [-0.15, -0.1) is 0 Å². The van der Waals surface area contributed by atoms with Crippen molar-refractivity contribution < 1.29 is 19.2 Å². The Morgan fingerprint density at radius 1 is 1.58 bits per heavy atom. The number of methoxy groups -OCH3 is 1. The van der Waals surface area contributed by atoms with E-state index in [0.29, 0.717) is 24.6 Å². The summed E-state index contributed by atoms with van der Waals surface area (Å²) in [6, 6.07) is 0. The average Bonchev–Trinajstić information content (AvgIpc) is 3.03. The predicted octanol–water partition coefficient (Wildman–Crippen LogP) is 2.53. The SMILES string of the molecule is CCCC(OC)c1noc(C2CCC(C(=O)O)C2)n1. The van der Waals surface area contributed by atoms with Gasteiger partial charge in [-0.3, -0.25) is 4.79 Å². The molecule has 0 bridgehead atoms. The van der Waals surface area contributed by atoms with E-state index < -0.39 is 5.97 Å². The Kier molecular flexibility index (Phi) is 4.52. The lowest BCUT2D eigenvalue weighted by atomic mass is 10.1. The van der Waals surface area contributed by atoms with Crippen molar-refractivity contribution in [3.8, 4) is 0 Å². The van der Waals surface area contributed by atoms with Gasteiger partial charge in [0.05, 0.1) is 5.92 Å². The van der Waals surface area contributed by atoms with Crippen LogP contribution in [0.4, 0.5) is 0 Å². The first-order valence-electron chi connectivity index (χ1n) is 6.74. The van der Waals surface area contributed by atoms with Gasteiger partial charge in [0.15, 0.2) is 0 Å². The number of rotatable bonds is 6. The Morgan fingerprint density at radius 2 is 2.37 bits per heavy atom. The summed E-state index contributed by atoms with van der Waals surface area (Å²) in [6.45, 7) is 2.07. The number of hydrogen-bond donors (Lipinski definition) is 1. The van der Waals surface area contributed by atoms with E-state index in [-0.39, 0.29) is 17.9 Å². The highest BCUT2D eigenvalue weighted by molar-refractivity contribution is 5.70. The minimum atomic E-state index is -0.733. The molecule has 0 spiro atoms. The molecule has 3 unspecified atom stereocenters. The van der Waals surface area contributed by atoms with Gasteiger partial charge in [0, 0.05) is 13.0 Å². The first kappa shape index (κ1) is 14.0. The van der Waals surface area contributed by atoms with Crippen molar-refractivity contribution in [3.05, 3.63) is 11.7 Å². The summed E-state index contributed by atoms with van der Waals surface area (Å²) in [4.78, 5) is 15.3. The van der Waals surface area contributed by atoms with Crippen LogP contribution in [0, 0.1) is 5.92 Å². The number of ether oxygens (including phenoxy) is 1. The van der Waals surface area contributed by atoms with Crippen LogP contribution in [0.25, 0.3) is 0 Å². The fourth-order valence-electron chi connectivity index (χ4n) is 2.59. The first-order valence-corrected chi connectivity index (χ1v) is 6.74. The monoisotopic (exact) mass is 268 g/mol. The highest BCUT2D eigenvalue weighted by atomic mass is 16.5. The highest BCUT2D eigenvalue weighted by Gasteiger charge is 2.34. The molecule has 1 N–H and O–H groups in total. The fourth-order valence-corrected chi connectivity index (χ4v) is 2.59. The van der Waals surface area contributed by atoms with Crippen molar-refractivity contribution in [2.75, 3.05) is 7.11 Å². The molecule has 1 fully saturated rings. The van der Waals surface area contributed by atoms with Crippen molar-refractivity contribution in [2.45, 2.75) is 51.0 Å². The molecule has 0 radical (unpaired) electrons. The molecule has 19 heavy (non-hydrogen) atoms. The van der Waals surface area contributed by atoms with Crippen molar-refractivity contribution in [1.29, 1.82) is 0 Å². The van der Waals surface area contributed by atoms with Crippen LogP contribution in [0.15, 0.2) is 4.52 Å². The topological polar surface area (TPSA) is 85.5 Å². The second-order valence-corrected chi connectivity index (χ2v) is 5.05. The van der Waals surface area contributed by atoms with Crippen LogP contribution >= 0.6 is 0 Å². The number of aromatic nitrogens is 2. The number of carbonyl (C=O) groups is 1. The lowest BCUT2D eigenvalue weighted by Crippen LogP contribution is -2.09. The normalized spacial score (nSPS) is 24.5. The molecule has 6 nitrogen and oxygen atoms in total. The van der Waals surface area contributed by atoms with E-state index in [1.165, 1.54) is 0 Å². The van der Waals surface area contributed by atoms with E-state index >= 15 is 0 Å². The van der Waals surface area contributed by atoms with Gasteiger partial charge < -0.3 is 14.4 Å². The van der Waals surface area contributed by atoms with E-state index in [1.54, 1.807) is 7.11 Å². The Hall–Kier alpha value is -1.43. The summed E-state index contributed by atoms with van der Waals surface area (Å²) in [7, 11) is 1.63. The predicted molar refractivity (Wildman–Crippen MR) is 66.7 cm³/mol. The van der Waals surface area contributed by atoms with Crippen LogP contribution in [-0.4, -0.2) is 28.3 Å². The average molecular weight is 268 g/mol. The smallest absolute Gasteiger partial charge is 0.306 e. The molecule has 1 aliphatic carbocycles. The van der Waals surface area contributed by atoms with Crippen molar-refractivity contribution in [2.24, 2.45) is 5.92 Å². The fraction of sp³-hybridized carbons (Fsp3) is 0.769. The molecule has 1 saturated carbocycles. The van der Waals surface area contributed by atoms with Crippen LogP contribution in [0.3, 0.4) is 0 Å². The van der Waals surface area contributed by atoms with Gasteiger partial charge in [-0.25, -0.2) is 0 Å². The van der Waals surface area contributed by atoms with Crippen LogP contribution in [0.2, 0.25) is 0 Å². The molecule has 0 aromatic carbocycles. The maximum absolute atomic E-state index is 10.9. The minimum absolute atomic E-state index is 0.0708. The number of nitrogens with zero attached hydrogens (tertiary/aromatic N) is 2. The van der Waals surface area contributed by atoms with Gasteiger partial charge in [-0.1, -0.05) is 18.5 Å². The van der Waals surface area contributed by atoms with Gasteiger partial charge in [0.25, 0.3) is 0 Å². The first-order chi connectivity index (χ1) is 9.15. The van der Waals surface area contributed by atoms with E-state index in [1.807, 2.05) is 0 Å². The maximum Gasteiger partial charge on any atom is 0.306 e. The summed E-state index contributed by atoms with van der Waals surface area (Å²) in [5, 5.41) is 13.0. The molecular weight excluding hydrogens is 248 g/mol. The summed E-state index contributed by atoms with van der Waals surface area (Å²) in [5.41, 5.74) is 0. The molecule has 3 atom stereocenters. The second-order valence-electron chi connectivity index (χ2n) is 5.05. The molecule has 1 aromatic rings. The molecule has 2 rings (SSSR count). The van der Waals surface area contributed by atoms with Crippen LogP contribution in [0.1, 0.15) is 62.8 Å². The standard InChI is InChI=1S/C13H20N2O4/c1-3-4-10(18-2)11-14-12(19-15-11)8-5-6-9(7-8)13(16)17/h8-10H,3-7H2,1-2H3,(H,16,17). The summed E-state index contributed by atoms with van der Waals surface area (Å²) < 4.78 is 10.6. The molecule has 0 amide bonds. The van der Waals surface area contributed by atoms with E-state index in [0.717, 1.165) is 19.3 Å². The number of carboxylic acid groups (broad SMARTS) is 1. The molecule has 0 aliphatic heterocycles. The third-order valence-corrected chi connectivity index (χ3v) is 3.71. The third kappa shape index (κ3) is 3.12. The zero-order valence-electron chi connectivity index (χ0n) is 11.3. The Bertz CT molecular complexity index is 432. The number of aliphatic carboxylic acids is 1. The zero-order valence-corrected chi connectivity index (χ0v) is 11.3. The second kappa shape index (κ2) is 6.14. The van der Waals surface area contributed by atoms with Gasteiger partial charge in [0.2, 0.25) is 11.7 Å². The maximum atomic E-state index is 10.9. The van der Waals surface area contributed by atoms with Crippen molar-refractivity contribution >= 4 is 5.97 Å². The lowest BCUT2D eigenvalue weighted by Gasteiger charge is -2.08. The molecule has 0 saturated heterocycles. The zero-order chi connectivity index (χ0) is 13.8. The summed E-state index contributed by atoms with van der Waals surface area (Å²) in [6.07, 6.45) is 3.75. The molecule has 1 aromatic heterocycles. The van der Waals surface area contributed by atoms with Gasteiger partial charge in [-0.2, -0.15) is 4.98 Å². The third-order valence-electron chi connectivity index (χ3n) is 3.71. The van der Waals surface area contributed by atoms with Gasteiger partial charge >= 0.3 is 5.97 Å². The molecular formula is C13H20N2O4. The van der Waals surface area contributed by atoms with Gasteiger partial charge in [-0.05, 0) is 25.7 Å². The Balaban J connectivity index is 2.03. The number of carboxylic acids is 1. The highest BCUT2D eigenvalue weighted by Crippen LogP contribution is 2.38. The van der Waals surface area contributed by atoms with Crippen LogP contribution in [-0.2, 0) is 9.53 Å². The minimum Gasteiger partial charge on any atom is -0.481 e. The lowest BCUT2D eigenvalue weighted by molar-refractivity contribution is -0.141. The van der Waals surface area contributed by atoms with E-state index in [9.17, 15) is 4.79 Å². The van der Waals surface area contributed by atoms with E-state index in [2.05, 4.69) is 17.1 Å². The summed E-state index contributed by atoms with van der Waals surface area (Å²) in [5.74, 6) is 0.175. The van der Waals surface area contributed by atoms with E-state index in [4.69, 9.17) is 14.4 Å². The summed E-state index contributed by atoms with van der Waals surface area (Å²) >= 11 is 0. The van der Waals surface area contributed by atoms with Crippen molar-refractivity contribution in [1.82, 2.24) is 10.1 Å². The molecule has 1 heterocycles. The quantitative estimate of drug-likeness (QED) is 0.853. The van der Waals surface area contributed by atoms with Crippen LogP contribution < -0.4 is 0 Å². The van der Waals surface area contributed by atoms with Crippen LogP contribution in [0.5, 0.6) is 0 Å². The van der Waals surface area contributed by atoms with Crippen molar-refractivity contribution in [3.63, 3.8) is 0 Å². The molecule has 1 aliphatic rings. The largest absolute Gasteiger partial charge is 0.481 e. The Labute approximate surface area is 112 Å². The van der Waals surface area contributed by atoms with Gasteiger partial charge in [0.1, 0.15) is 6.10 Å². The molecule has 6 heteroatoms. The number of hydrogen-bond acceptors (Lipinski definition) is 5. The Morgan fingerprint density at radius 3 is 2.95 bits per heavy atom. The molecule has 106 valence electrons.